The second-order valence-corrected chi connectivity index (χ2v) is 5.44. The summed E-state index contributed by atoms with van der Waals surface area (Å²) in [5.41, 5.74) is 0. The van der Waals surface area contributed by atoms with Gasteiger partial charge in [0, 0.05) is 12.5 Å². The van der Waals surface area contributed by atoms with Gasteiger partial charge in [-0.15, -0.1) is 0 Å². The second kappa shape index (κ2) is 5.11. The first-order chi connectivity index (χ1) is 7.25. The van der Waals surface area contributed by atoms with Crippen LogP contribution in [-0.2, 0) is 4.79 Å². The molecule has 2 saturated carbocycles. The Morgan fingerprint density at radius 2 is 1.80 bits per heavy atom. The molecule has 0 N–H and O–H groups in total. The van der Waals surface area contributed by atoms with Gasteiger partial charge in [-0.1, -0.05) is 19.3 Å². The van der Waals surface area contributed by atoms with E-state index < -0.39 is 0 Å². The Morgan fingerprint density at radius 3 is 2.40 bits per heavy atom. The van der Waals surface area contributed by atoms with Crippen molar-refractivity contribution in [2.24, 2.45) is 11.8 Å². The maximum atomic E-state index is 12.0. The van der Waals surface area contributed by atoms with Crippen LogP contribution in [0.15, 0.2) is 0 Å². The highest BCUT2D eigenvalue weighted by molar-refractivity contribution is 5.83. The molecular weight excluding hydrogens is 186 g/mol. The highest BCUT2D eigenvalue weighted by Gasteiger charge is 2.26. The molecule has 0 unspecified atom stereocenters. The van der Waals surface area contributed by atoms with Crippen molar-refractivity contribution in [2.45, 2.75) is 44.9 Å². The number of Topliss-reactive ketones (excluding diaryl/α,β-unsaturated/α-hetero) is 1. The molecule has 2 nitrogen and oxygen atoms in total. The zero-order valence-corrected chi connectivity index (χ0v) is 9.87. The summed E-state index contributed by atoms with van der Waals surface area (Å²) in [6.07, 6.45) is 8.92. The van der Waals surface area contributed by atoms with Crippen molar-refractivity contribution in [3.8, 4) is 0 Å². The average Bonchev–Trinajstić information content (AvgIpc) is 3.03. The molecule has 0 aromatic carbocycles. The van der Waals surface area contributed by atoms with Crippen LogP contribution >= 0.6 is 0 Å². The van der Waals surface area contributed by atoms with Crippen LogP contribution in [0.5, 0.6) is 0 Å². The maximum Gasteiger partial charge on any atom is 0.149 e. The van der Waals surface area contributed by atoms with Crippen molar-refractivity contribution in [2.75, 3.05) is 20.1 Å². The zero-order valence-electron chi connectivity index (χ0n) is 9.87. The van der Waals surface area contributed by atoms with Crippen LogP contribution in [0.25, 0.3) is 0 Å². The Balaban J connectivity index is 1.69. The van der Waals surface area contributed by atoms with Gasteiger partial charge in [0.15, 0.2) is 0 Å². The van der Waals surface area contributed by atoms with Crippen molar-refractivity contribution in [1.29, 1.82) is 0 Å². The van der Waals surface area contributed by atoms with Crippen LogP contribution in [0, 0.1) is 11.8 Å². The van der Waals surface area contributed by atoms with E-state index in [1.54, 1.807) is 0 Å². The lowest BCUT2D eigenvalue weighted by molar-refractivity contribution is -0.124. The van der Waals surface area contributed by atoms with Crippen molar-refractivity contribution in [3.05, 3.63) is 0 Å². The highest BCUT2D eigenvalue weighted by Crippen LogP contribution is 2.29. The van der Waals surface area contributed by atoms with E-state index in [4.69, 9.17) is 0 Å². The molecule has 2 aliphatic carbocycles. The summed E-state index contributed by atoms with van der Waals surface area (Å²) in [7, 11) is 2.10. The smallest absolute Gasteiger partial charge is 0.149 e. The van der Waals surface area contributed by atoms with Crippen LogP contribution in [0.3, 0.4) is 0 Å². The quantitative estimate of drug-likeness (QED) is 0.693. The van der Waals surface area contributed by atoms with E-state index in [0.29, 0.717) is 18.2 Å². The number of carbonyl (C=O) groups excluding carboxylic acids is 1. The molecule has 0 aliphatic heterocycles. The van der Waals surface area contributed by atoms with Crippen molar-refractivity contribution < 1.29 is 4.79 Å². The number of likely N-dealkylation sites (N-methyl/N-ethyl adjacent to an activating group) is 1. The van der Waals surface area contributed by atoms with Crippen LogP contribution in [0.4, 0.5) is 0 Å². The molecule has 0 aromatic heterocycles. The number of ketones is 1. The van der Waals surface area contributed by atoms with E-state index in [0.717, 1.165) is 25.3 Å². The van der Waals surface area contributed by atoms with E-state index in [1.165, 1.54) is 32.1 Å². The predicted octanol–water partition coefficient (Wildman–Crippen LogP) is 2.48. The van der Waals surface area contributed by atoms with Gasteiger partial charge in [-0.25, -0.2) is 0 Å². The standard InChI is InChI=1S/C13H23NO/c1-14(9-11-7-8-11)10-13(15)12-5-3-2-4-6-12/h11-12H,2-10H2,1H3. The summed E-state index contributed by atoms with van der Waals surface area (Å²) < 4.78 is 0. The summed E-state index contributed by atoms with van der Waals surface area (Å²) in [5.74, 6) is 1.78. The summed E-state index contributed by atoms with van der Waals surface area (Å²) in [5, 5.41) is 0. The molecule has 0 spiro atoms. The minimum absolute atomic E-state index is 0.389. The first-order valence-electron chi connectivity index (χ1n) is 6.47. The molecule has 0 aromatic rings. The molecule has 0 bridgehead atoms. The fraction of sp³-hybridized carbons (Fsp3) is 0.923. The third kappa shape index (κ3) is 3.60. The molecule has 2 aliphatic rings. The minimum Gasteiger partial charge on any atom is -0.299 e. The third-order valence-corrected chi connectivity index (χ3v) is 3.75. The van der Waals surface area contributed by atoms with Gasteiger partial charge in [0.2, 0.25) is 0 Å². The first-order valence-corrected chi connectivity index (χ1v) is 6.47. The number of hydrogen-bond donors (Lipinski definition) is 0. The minimum atomic E-state index is 0.389. The largest absolute Gasteiger partial charge is 0.299 e. The summed E-state index contributed by atoms with van der Waals surface area (Å²) in [4.78, 5) is 14.2. The molecule has 0 atom stereocenters. The summed E-state index contributed by atoms with van der Waals surface area (Å²) in [6, 6.07) is 0. The Labute approximate surface area is 93.0 Å². The predicted molar refractivity (Wildman–Crippen MR) is 61.8 cm³/mol. The van der Waals surface area contributed by atoms with Gasteiger partial charge in [0.25, 0.3) is 0 Å². The van der Waals surface area contributed by atoms with Crippen LogP contribution in [0.2, 0.25) is 0 Å². The first kappa shape index (κ1) is 11.1. The summed E-state index contributed by atoms with van der Waals surface area (Å²) in [6.45, 7) is 1.83. The highest BCUT2D eigenvalue weighted by atomic mass is 16.1. The van der Waals surface area contributed by atoms with Gasteiger partial charge in [-0.05, 0) is 38.6 Å². The Hall–Kier alpha value is -0.370. The van der Waals surface area contributed by atoms with Crippen LogP contribution < -0.4 is 0 Å². The molecule has 0 heterocycles. The molecule has 0 amide bonds. The number of carbonyl (C=O) groups is 1. The van der Waals surface area contributed by atoms with Crippen LogP contribution in [0.1, 0.15) is 44.9 Å². The van der Waals surface area contributed by atoms with Gasteiger partial charge < -0.3 is 0 Å². The van der Waals surface area contributed by atoms with Gasteiger partial charge in [-0.3, -0.25) is 9.69 Å². The SMILES string of the molecule is CN(CC(=O)C1CCCCC1)CC1CC1. The van der Waals surface area contributed by atoms with Gasteiger partial charge >= 0.3 is 0 Å². The maximum absolute atomic E-state index is 12.0. The van der Waals surface area contributed by atoms with Gasteiger partial charge in [-0.2, -0.15) is 0 Å². The Bertz CT molecular complexity index is 217. The summed E-state index contributed by atoms with van der Waals surface area (Å²) >= 11 is 0. The lowest BCUT2D eigenvalue weighted by Gasteiger charge is -2.23. The topological polar surface area (TPSA) is 20.3 Å². The van der Waals surface area contributed by atoms with Crippen molar-refractivity contribution in [1.82, 2.24) is 4.90 Å². The second-order valence-electron chi connectivity index (χ2n) is 5.44. The monoisotopic (exact) mass is 209 g/mol. The fourth-order valence-electron chi connectivity index (χ4n) is 2.63. The van der Waals surface area contributed by atoms with Crippen LogP contribution in [-0.4, -0.2) is 30.8 Å². The number of rotatable bonds is 5. The van der Waals surface area contributed by atoms with Crippen molar-refractivity contribution in [3.63, 3.8) is 0 Å². The lowest BCUT2D eigenvalue weighted by atomic mass is 9.86. The molecule has 86 valence electrons. The van der Waals surface area contributed by atoms with Gasteiger partial charge in [0.1, 0.15) is 5.78 Å². The third-order valence-electron chi connectivity index (χ3n) is 3.75. The Morgan fingerprint density at radius 1 is 1.13 bits per heavy atom. The molecule has 2 rings (SSSR count). The zero-order chi connectivity index (χ0) is 10.7. The molecule has 2 heteroatoms. The number of hydrogen-bond acceptors (Lipinski definition) is 2. The average molecular weight is 209 g/mol. The Kier molecular flexibility index (Phi) is 3.79. The molecule has 15 heavy (non-hydrogen) atoms. The van der Waals surface area contributed by atoms with E-state index in [9.17, 15) is 4.79 Å². The fourth-order valence-corrected chi connectivity index (χ4v) is 2.63. The molecule has 2 fully saturated rings. The molecule has 0 saturated heterocycles. The molecule has 0 radical (unpaired) electrons. The van der Waals surface area contributed by atoms with E-state index in [-0.39, 0.29) is 0 Å². The normalized spacial score (nSPS) is 23.3. The van der Waals surface area contributed by atoms with Crippen molar-refractivity contribution >= 4 is 5.78 Å². The van der Waals surface area contributed by atoms with Gasteiger partial charge in [0.05, 0.1) is 6.54 Å². The van der Waals surface area contributed by atoms with E-state index in [1.807, 2.05) is 0 Å². The van der Waals surface area contributed by atoms with E-state index in [2.05, 4.69) is 11.9 Å². The number of nitrogens with zero attached hydrogens (tertiary/aromatic N) is 1. The molecular formula is C13H23NO. The van der Waals surface area contributed by atoms with E-state index >= 15 is 0 Å². The lowest BCUT2D eigenvalue weighted by Crippen LogP contribution is -2.32.